The average Bonchev–Trinajstić information content (AvgIpc) is 2.05. The quantitative estimate of drug-likeness (QED) is 0.638. The average molecular weight is 182 g/mol. The first-order valence-corrected chi connectivity index (χ1v) is 4.15. The van der Waals surface area contributed by atoms with Crippen LogP contribution in [0.25, 0.3) is 0 Å². The maximum atomic E-state index is 13.0. The summed E-state index contributed by atoms with van der Waals surface area (Å²) < 4.78 is 42.6. The van der Waals surface area contributed by atoms with E-state index in [1.807, 2.05) is 0 Å². The largest absolute Gasteiger partial charge is 0.361 e. The molecule has 0 aromatic heterocycles. The van der Waals surface area contributed by atoms with E-state index in [1.165, 1.54) is 0 Å². The molecule has 0 aromatic rings. The summed E-state index contributed by atoms with van der Waals surface area (Å²) in [5.74, 6) is -1.24. The molecule has 1 aliphatic carbocycles. The molecule has 1 nitrogen and oxygen atoms in total. The van der Waals surface area contributed by atoms with E-state index >= 15 is 0 Å². The molecule has 0 radical (unpaired) electrons. The fraction of sp³-hybridized carbons (Fsp3) is 1.00. The third kappa shape index (κ3) is 1.91. The van der Waals surface area contributed by atoms with E-state index in [2.05, 4.69) is 4.74 Å². The maximum absolute atomic E-state index is 13.0. The molecule has 4 heteroatoms. The third-order valence-corrected chi connectivity index (χ3v) is 2.39. The van der Waals surface area contributed by atoms with Crippen molar-refractivity contribution in [3.8, 4) is 0 Å². The van der Waals surface area contributed by atoms with Crippen molar-refractivity contribution in [2.24, 2.45) is 5.92 Å². The smallest absolute Gasteiger partial charge is 0.324 e. The van der Waals surface area contributed by atoms with E-state index in [0.29, 0.717) is 12.8 Å². The Hall–Kier alpha value is -0.250. The Morgan fingerprint density at radius 1 is 1.25 bits per heavy atom. The molecular formula is C8H13F3O. The summed E-state index contributed by atoms with van der Waals surface area (Å²) in [4.78, 5) is 0. The normalized spacial score (nSPS) is 32.0. The molecule has 12 heavy (non-hydrogen) atoms. The summed E-state index contributed by atoms with van der Waals surface area (Å²) >= 11 is 0. The zero-order chi connectivity index (χ0) is 9.19. The number of hydrogen-bond donors (Lipinski definition) is 0. The Bertz CT molecular complexity index is 149. The SMILES string of the molecule is COC(F)(F)C1CCCCC1F. The van der Waals surface area contributed by atoms with Gasteiger partial charge in [-0.25, -0.2) is 4.39 Å². The Balaban J connectivity index is 2.58. The van der Waals surface area contributed by atoms with E-state index in [-0.39, 0.29) is 12.8 Å². The molecule has 1 rings (SSSR count). The third-order valence-electron chi connectivity index (χ3n) is 2.39. The summed E-state index contributed by atoms with van der Waals surface area (Å²) in [7, 11) is 0.918. The highest BCUT2D eigenvalue weighted by Crippen LogP contribution is 2.38. The second-order valence-electron chi connectivity index (χ2n) is 3.17. The molecule has 2 atom stereocenters. The van der Waals surface area contributed by atoms with Gasteiger partial charge in [-0.1, -0.05) is 12.8 Å². The molecule has 0 N–H and O–H groups in total. The van der Waals surface area contributed by atoms with Gasteiger partial charge < -0.3 is 4.74 Å². The minimum absolute atomic E-state index is 0.224. The van der Waals surface area contributed by atoms with Crippen molar-refractivity contribution >= 4 is 0 Å². The van der Waals surface area contributed by atoms with Gasteiger partial charge in [0.05, 0.1) is 5.92 Å². The van der Waals surface area contributed by atoms with Crippen molar-refractivity contribution in [3.63, 3.8) is 0 Å². The standard InChI is InChI=1S/C8H13F3O/c1-12-8(10,11)6-4-2-3-5-7(6)9/h6-7H,2-5H2,1H3. The van der Waals surface area contributed by atoms with E-state index in [0.717, 1.165) is 7.11 Å². The lowest BCUT2D eigenvalue weighted by Gasteiger charge is -2.31. The molecule has 1 saturated carbocycles. The highest BCUT2D eigenvalue weighted by atomic mass is 19.3. The van der Waals surface area contributed by atoms with Gasteiger partial charge in [0.2, 0.25) is 0 Å². The van der Waals surface area contributed by atoms with Gasteiger partial charge in [0.15, 0.2) is 0 Å². The number of alkyl halides is 3. The van der Waals surface area contributed by atoms with Crippen molar-refractivity contribution < 1.29 is 17.9 Å². The zero-order valence-electron chi connectivity index (χ0n) is 7.03. The summed E-state index contributed by atoms with van der Waals surface area (Å²) in [6, 6.07) is 0. The van der Waals surface area contributed by atoms with Crippen LogP contribution in [-0.4, -0.2) is 19.4 Å². The molecule has 72 valence electrons. The van der Waals surface area contributed by atoms with Crippen molar-refractivity contribution in [1.82, 2.24) is 0 Å². The Morgan fingerprint density at radius 3 is 2.33 bits per heavy atom. The fourth-order valence-corrected chi connectivity index (χ4v) is 1.62. The topological polar surface area (TPSA) is 9.23 Å². The summed E-state index contributed by atoms with van der Waals surface area (Å²) in [5, 5.41) is 0. The maximum Gasteiger partial charge on any atom is 0.361 e. The van der Waals surface area contributed by atoms with Crippen LogP contribution in [0.1, 0.15) is 25.7 Å². The first-order valence-electron chi connectivity index (χ1n) is 4.15. The Morgan fingerprint density at radius 2 is 1.83 bits per heavy atom. The van der Waals surface area contributed by atoms with Gasteiger partial charge >= 0.3 is 6.11 Å². The van der Waals surface area contributed by atoms with Crippen LogP contribution in [0.3, 0.4) is 0 Å². The molecule has 0 bridgehead atoms. The van der Waals surface area contributed by atoms with Crippen LogP contribution in [0, 0.1) is 5.92 Å². The lowest BCUT2D eigenvalue weighted by Crippen LogP contribution is -2.38. The van der Waals surface area contributed by atoms with Crippen LogP contribution < -0.4 is 0 Å². The second-order valence-corrected chi connectivity index (χ2v) is 3.17. The fourth-order valence-electron chi connectivity index (χ4n) is 1.62. The van der Waals surface area contributed by atoms with Crippen LogP contribution in [0.4, 0.5) is 13.2 Å². The molecule has 1 aliphatic rings. The number of rotatable bonds is 2. The van der Waals surface area contributed by atoms with Crippen LogP contribution >= 0.6 is 0 Å². The minimum atomic E-state index is -3.29. The number of methoxy groups -OCH3 is 1. The van der Waals surface area contributed by atoms with Gasteiger partial charge in [-0.2, -0.15) is 8.78 Å². The number of ether oxygens (including phenoxy) is 1. The lowest BCUT2D eigenvalue weighted by molar-refractivity contribution is -0.272. The van der Waals surface area contributed by atoms with Crippen molar-refractivity contribution in [1.29, 1.82) is 0 Å². The first-order chi connectivity index (χ1) is 5.58. The predicted molar refractivity (Wildman–Crippen MR) is 38.8 cm³/mol. The van der Waals surface area contributed by atoms with E-state index in [4.69, 9.17) is 0 Å². The number of hydrogen-bond acceptors (Lipinski definition) is 1. The Kier molecular flexibility index (Phi) is 2.99. The highest BCUT2D eigenvalue weighted by molar-refractivity contribution is 4.80. The van der Waals surface area contributed by atoms with Crippen molar-refractivity contribution in [2.45, 2.75) is 38.0 Å². The lowest BCUT2D eigenvalue weighted by atomic mass is 9.86. The van der Waals surface area contributed by atoms with Gasteiger partial charge in [0.25, 0.3) is 0 Å². The van der Waals surface area contributed by atoms with E-state index in [1.54, 1.807) is 0 Å². The molecule has 1 fully saturated rings. The van der Waals surface area contributed by atoms with Gasteiger partial charge in [0, 0.05) is 7.11 Å². The second kappa shape index (κ2) is 3.64. The summed E-state index contributed by atoms with van der Waals surface area (Å²) in [6.07, 6.45) is -2.86. The van der Waals surface area contributed by atoms with Crippen LogP contribution in [0.15, 0.2) is 0 Å². The molecular weight excluding hydrogens is 169 g/mol. The predicted octanol–water partition coefficient (Wildman–Crippen LogP) is 2.75. The molecule has 0 saturated heterocycles. The molecule has 0 aliphatic heterocycles. The molecule has 0 spiro atoms. The summed E-state index contributed by atoms with van der Waals surface area (Å²) in [6.45, 7) is 0. The monoisotopic (exact) mass is 182 g/mol. The van der Waals surface area contributed by atoms with Gasteiger partial charge in [-0.05, 0) is 12.8 Å². The van der Waals surface area contributed by atoms with Gasteiger partial charge in [-0.3, -0.25) is 0 Å². The number of halogens is 3. The van der Waals surface area contributed by atoms with Crippen LogP contribution in [-0.2, 0) is 4.74 Å². The molecule has 0 aromatic carbocycles. The van der Waals surface area contributed by atoms with E-state index in [9.17, 15) is 13.2 Å². The molecule has 2 unspecified atom stereocenters. The van der Waals surface area contributed by atoms with Crippen molar-refractivity contribution in [2.75, 3.05) is 7.11 Å². The summed E-state index contributed by atoms with van der Waals surface area (Å²) in [5.41, 5.74) is 0. The highest BCUT2D eigenvalue weighted by Gasteiger charge is 2.45. The molecule has 0 heterocycles. The molecule has 0 amide bonds. The van der Waals surface area contributed by atoms with Gasteiger partial charge in [0.1, 0.15) is 6.17 Å². The van der Waals surface area contributed by atoms with Crippen LogP contribution in [0.2, 0.25) is 0 Å². The zero-order valence-corrected chi connectivity index (χ0v) is 7.03. The van der Waals surface area contributed by atoms with Crippen molar-refractivity contribution in [3.05, 3.63) is 0 Å². The van der Waals surface area contributed by atoms with Crippen LogP contribution in [0.5, 0.6) is 0 Å². The Labute approximate surface area is 69.9 Å². The first kappa shape index (κ1) is 9.84. The minimum Gasteiger partial charge on any atom is -0.324 e. The van der Waals surface area contributed by atoms with E-state index < -0.39 is 18.2 Å². The van der Waals surface area contributed by atoms with Gasteiger partial charge in [-0.15, -0.1) is 0 Å².